The predicted octanol–water partition coefficient (Wildman–Crippen LogP) is 3.27. The highest BCUT2D eigenvalue weighted by molar-refractivity contribution is 5.92. The monoisotopic (exact) mass is 283 g/mol. The van der Waals surface area contributed by atoms with E-state index < -0.39 is 5.97 Å². The fraction of sp³-hybridized carbons (Fsp3) is 0.125. The summed E-state index contributed by atoms with van der Waals surface area (Å²) >= 11 is 0. The largest absolute Gasteiger partial charge is 0.481 e. The summed E-state index contributed by atoms with van der Waals surface area (Å²) in [5.41, 5.74) is 3.14. The number of fused-ring (bicyclic) bond motifs is 1. The Morgan fingerprint density at radius 2 is 2.05 bits per heavy atom. The van der Waals surface area contributed by atoms with Gasteiger partial charge in [0.1, 0.15) is 11.4 Å². The van der Waals surface area contributed by atoms with Crippen LogP contribution in [0, 0.1) is 6.92 Å². The predicted molar refractivity (Wildman–Crippen MR) is 77.3 cm³/mol. The Labute approximate surface area is 120 Å². The van der Waals surface area contributed by atoms with Crippen LogP contribution >= 0.6 is 0 Å². The number of hydrogen-bond donors (Lipinski definition) is 1. The molecule has 2 aromatic carbocycles. The molecule has 0 aliphatic heterocycles. The van der Waals surface area contributed by atoms with Crippen molar-refractivity contribution in [2.75, 3.05) is 6.61 Å². The van der Waals surface area contributed by atoms with Crippen molar-refractivity contribution >= 4 is 16.9 Å². The van der Waals surface area contributed by atoms with Crippen LogP contribution in [0.5, 0.6) is 5.75 Å². The lowest BCUT2D eigenvalue weighted by Gasteiger charge is -2.06. The van der Waals surface area contributed by atoms with Crippen molar-refractivity contribution in [3.63, 3.8) is 0 Å². The van der Waals surface area contributed by atoms with E-state index in [1.807, 2.05) is 43.3 Å². The van der Waals surface area contributed by atoms with E-state index in [4.69, 9.17) is 14.4 Å². The summed E-state index contributed by atoms with van der Waals surface area (Å²) in [6.07, 6.45) is 0. The van der Waals surface area contributed by atoms with E-state index >= 15 is 0 Å². The molecular formula is C16H13NO4. The lowest BCUT2D eigenvalue weighted by atomic mass is 10.1. The van der Waals surface area contributed by atoms with Crippen molar-refractivity contribution in [3.8, 4) is 17.0 Å². The van der Waals surface area contributed by atoms with Gasteiger partial charge in [0.15, 0.2) is 12.2 Å². The van der Waals surface area contributed by atoms with Crippen LogP contribution in [0.2, 0.25) is 0 Å². The van der Waals surface area contributed by atoms with Gasteiger partial charge in [-0.25, -0.2) is 4.79 Å². The van der Waals surface area contributed by atoms with E-state index in [0.717, 1.165) is 22.2 Å². The first-order valence-corrected chi connectivity index (χ1v) is 6.45. The number of carboxylic acids is 1. The number of aryl methyl sites for hydroxylation is 1. The zero-order valence-electron chi connectivity index (χ0n) is 11.4. The highest BCUT2D eigenvalue weighted by Gasteiger charge is 2.13. The van der Waals surface area contributed by atoms with Crippen molar-refractivity contribution in [2.45, 2.75) is 6.92 Å². The molecule has 0 aliphatic carbocycles. The number of aliphatic carboxylic acids is 1. The third kappa shape index (κ3) is 2.58. The van der Waals surface area contributed by atoms with E-state index in [2.05, 4.69) is 5.16 Å². The number of hydrogen-bond acceptors (Lipinski definition) is 4. The van der Waals surface area contributed by atoms with Gasteiger partial charge in [-0.05, 0) is 18.6 Å². The van der Waals surface area contributed by atoms with Crippen LogP contribution in [-0.4, -0.2) is 22.8 Å². The average Bonchev–Trinajstić information content (AvgIpc) is 2.88. The molecule has 21 heavy (non-hydrogen) atoms. The molecule has 0 radical (unpaired) electrons. The topological polar surface area (TPSA) is 72.6 Å². The molecule has 0 amide bonds. The summed E-state index contributed by atoms with van der Waals surface area (Å²) in [7, 11) is 0. The molecule has 0 spiro atoms. The summed E-state index contributed by atoms with van der Waals surface area (Å²) in [6.45, 7) is 1.48. The van der Waals surface area contributed by atoms with Gasteiger partial charge in [-0.2, -0.15) is 0 Å². The maximum atomic E-state index is 10.6. The van der Waals surface area contributed by atoms with E-state index in [-0.39, 0.29) is 6.61 Å². The first kappa shape index (κ1) is 13.2. The Balaban J connectivity index is 2.04. The zero-order valence-corrected chi connectivity index (χ0v) is 11.4. The van der Waals surface area contributed by atoms with Gasteiger partial charge in [-0.1, -0.05) is 35.5 Å². The van der Waals surface area contributed by atoms with Crippen LogP contribution < -0.4 is 4.74 Å². The maximum Gasteiger partial charge on any atom is 0.341 e. The number of rotatable bonds is 4. The van der Waals surface area contributed by atoms with Gasteiger partial charge in [0.25, 0.3) is 0 Å². The normalized spacial score (nSPS) is 10.7. The van der Waals surface area contributed by atoms with Gasteiger partial charge in [0.2, 0.25) is 0 Å². The molecule has 0 aliphatic rings. The Morgan fingerprint density at radius 1 is 1.29 bits per heavy atom. The smallest absolute Gasteiger partial charge is 0.341 e. The minimum Gasteiger partial charge on any atom is -0.481 e. The van der Waals surface area contributed by atoms with E-state index in [0.29, 0.717) is 11.3 Å². The molecule has 5 heteroatoms. The van der Waals surface area contributed by atoms with E-state index in [1.165, 1.54) is 0 Å². The van der Waals surface area contributed by atoms with E-state index in [9.17, 15) is 4.79 Å². The summed E-state index contributed by atoms with van der Waals surface area (Å²) < 4.78 is 10.6. The molecule has 1 N–H and O–H groups in total. The SMILES string of the molecule is Cc1cc2c(-c3ccccc3)noc2cc1OCC(=O)O. The van der Waals surface area contributed by atoms with Crippen molar-refractivity contribution in [2.24, 2.45) is 0 Å². The third-order valence-electron chi connectivity index (χ3n) is 3.17. The van der Waals surface area contributed by atoms with E-state index in [1.54, 1.807) is 6.07 Å². The number of nitrogens with zero attached hydrogens (tertiary/aromatic N) is 1. The zero-order chi connectivity index (χ0) is 14.8. The average molecular weight is 283 g/mol. The highest BCUT2D eigenvalue weighted by atomic mass is 16.5. The molecule has 0 atom stereocenters. The van der Waals surface area contributed by atoms with Crippen LogP contribution in [0.25, 0.3) is 22.2 Å². The van der Waals surface area contributed by atoms with Crippen molar-refractivity contribution in [1.29, 1.82) is 0 Å². The standard InChI is InChI=1S/C16H13NO4/c1-10-7-12-14(8-13(10)20-9-15(18)19)21-17-16(12)11-5-3-2-4-6-11/h2-8H,9H2,1H3,(H,18,19). The highest BCUT2D eigenvalue weighted by Crippen LogP contribution is 2.32. The molecular weight excluding hydrogens is 270 g/mol. The molecule has 0 saturated carbocycles. The fourth-order valence-electron chi connectivity index (χ4n) is 2.17. The van der Waals surface area contributed by atoms with Crippen LogP contribution in [0.1, 0.15) is 5.56 Å². The summed E-state index contributed by atoms with van der Waals surface area (Å²) in [6, 6.07) is 13.3. The molecule has 0 unspecified atom stereocenters. The molecule has 106 valence electrons. The molecule has 3 rings (SSSR count). The first-order valence-electron chi connectivity index (χ1n) is 6.45. The number of carbonyl (C=O) groups is 1. The Bertz CT molecular complexity index is 793. The number of aromatic nitrogens is 1. The lowest BCUT2D eigenvalue weighted by Crippen LogP contribution is -2.09. The van der Waals surface area contributed by atoms with Gasteiger partial charge in [0.05, 0.1) is 5.39 Å². The van der Waals surface area contributed by atoms with Crippen LogP contribution in [-0.2, 0) is 4.79 Å². The van der Waals surface area contributed by atoms with Crippen molar-refractivity contribution < 1.29 is 19.2 Å². The third-order valence-corrected chi connectivity index (χ3v) is 3.17. The Morgan fingerprint density at radius 3 is 2.76 bits per heavy atom. The second-order valence-electron chi connectivity index (χ2n) is 4.69. The van der Waals surface area contributed by atoms with Gasteiger partial charge < -0.3 is 14.4 Å². The fourth-order valence-corrected chi connectivity index (χ4v) is 2.17. The molecule has 3 aromatic rings. The second kappa shape index (κ2) is 5.28. The molecule has 1 aromatic heterocycles. The summed E-state index contributed by atoms with van der Waals surface area (Å²) in [5.74, 6) is -0.530. The number of ether oxygens (including phenoxy) is 1. The summed E-state index contributed by atoms with van der Waals surface area (Å²) in [4.78, 5) is 10.6. The first-order chi connectivity index (χ1) is 10.1. The maximum absolute atomic E-state index is 10.6. The number of benzene rings is 2. The molecule has 0 saturated heterocycles. The Hall–Kier alpha value is -2.82. The molecule has 0 bridgehead atoms. The van der Waals surface area contributed by atoms with Crippen LogP contribution in [0.4, 0.5) is 0 Å². The van der Waals surface area contributed by atoms with Gasteiger partial charge in [0, 0.05) is 11.6 Å². The second-order valence-corrected chi connectivity index (χ2v) is 4.69. The van der Waals surface area contributed by atoms with Crippen molar-refractivity contribution in [1.82, 2.24) is 5.16 Å². The molecule has 0 fully saturated rings. The van der Waals surface area contributed by atoms with Gasteiger partial charge in [-0.3, -0.25) is 0 Å². The quantitative estimate of drug-likeness (QED) is 0.795. The van der Waals surface area contributed by atoms with Crippen LogP contribution in [0.15, 0.2) is 47.0 Å². The molecule has 1 heterocycles. The Kier molecular flexibility index (Phi) is 3.31. The minimum absolute atomic E-state index is 0.383. The van der Waals surface area contributed by atoms with Crippen molar-refractivity contribution in [3.05, 3.63) is 48.0 Å². The van der Waals surface area contributed by atoms with Gasteiger partial charge in [-0.15, -0.1) is 0 Å². The number of carboxylic acid groups (broad SMARTS) is 1. The van der Waals surface area contributed by atoms with Crippen LogP contribution in [0.3, 0.4) is 0 Å². The minimum atomic E-state index is -1.02. The lowest BCUT2D eigenvalue weighted by molar-refractivity contribution is -0.139. The van der Waals surface area contributed by atoms with Gasteiger partial charge >= 0.3 is 5.97 Å². The molecule has 5 nitrogen and oxygen atoms in total. The summed E-state index contributed by atoms with van der Waals surface area (Å²) in [5, 5.41) is 13.6.